The van der Waals surface area contributed by atoms with E-state index in [0.29, 0.717) is 19.6 Å². The fraction of sp³-hybridized carbons (Fsp3) is 0.438. The lowest BCUT2D eigenvalue weighted by Gasteiger charge is -2.19. The zero-order valence-corrected chi connectivity index (χ0v) is 12.3. The standard InChI is InChI=1S/C16H24N2O2/c1-4-10-20-15-8-6-13(7-9-15)12-18(3)16(19)11-14(17)5-2/h4,6-9,14H,1,5,10-12,17H2,2-3H3. The third-order valence-electron chi connectivity index (χ3n) is 3.10. The van der Waals surface area contributed by atoms with Gasteiger partial charge in [-0.05, 0) is 24.1 Å². The SMILES string of the molecule is C=CCOc1ccc(CN(C)C(=O)CC(N)CC)cc1. The summed E-state index contributed by atoms with van der Waals surface area (Å²) >= 11 is 0. The van der Waals surface area contributed by atoms with E-state index >= 15 is 0 Å². The number of amides is 1. The van der Waals surface area contributed by atoms with E-state index in [9.17, 15) is 4.79 Å². The molecule has 1 amide bonds. The monoisotopic (exact) mass is 276 g/mol. The van der Waals surface area contributed by atoms with Gasteiger partial charge in [-0.3, -0.25) is 4.79 Å². The van der Waals surface area contributed by atoms with Crippen molar-refractivity contribution in [1.82, 2.24) is 4.90 Å². The number of nitrogens with zero attached hydrogens (tertiary/aromatic N) is 1. The Morgan fingerprint density at radius 2 is 2.10 bits per heavy atom. The first-order valence-corrected chi connectivity index (χ1v) is 6.89. The summed E-state index contributed by atoms with van der Waals surface area (Å²) < 4.78 is 5.41. The molecule has 0 spiro atoms. The van der Waals surface area contributed by atoms with Crippen LogP contribution in [0.5, 0.6) is 5.75 Å². The van der Waals surface area contributed by atoms with Gasteiger partial charge in [0, 0.05) is 26.1 Å². The Labute approximate surface area is 121 Å². The molecule has 110 valence electrons. The van der Waals surface area contributed by atoms with E-state index < -0.39 is 0 Å². The van der Waals surface area contributed by atoms with E-state index in [-0.39, 0.29) is 11.9 Å². The summed E-state index contributed by atoms with van der Waals surface area (Å²) in [6.07, 6.45) is 2.92. The number of hydrogen-bond acceptors (Lipinski definition) is 3. The van der Waals surface area contributed by atoms with E-state index in [4.69, 9.17) is 10.5 Å². The lowest BCUT2D eigenvalue weighted by molar-refractivity contribution is -0.130. The fourth-order valence-corrected chi connectivity index (χ4v) is 1.73. The molecule has 2 N–H and O–H groups in total. The number of ether oxygens (including phenoxy) is 1. The van der Waals surface area contributed by atoms with Crippen LogP contribution in [0.4, 0.5) is 0 Å². The van der Waals surface area contributed by atoms with Crippen LogP contribution >= 0.6 is 0 Å². The summed E-state index contributed by atoms with van der Waals surface area (Å²) in [5.41, 5.74) is 6.87. The van der Waals surface area contributed by atoms with Gasteiger partial charge in [0.25, 0.3) is 0 Å². The zero-order chi connectivity index (χ0) is 15.0. The predicted octanol–water partition coefficient (Wildman–Crippen LogP) is 2.34. The van der Waals surface area contributed by atoms with Crippen LogP contribution in [-0.4, -0.2) is 30.5 Å². The van der Waals surface area contributed by atoms with E-state index in [1.54, 1.807) is 18.0 Å². The van der Waals surface area contributed by atoms with Gasteiger partial charge in [-0.25, -0.2) is 0 Å². The lowest BCUT2D eigenvalue weighted by Crippen LogP contribution is -2.32. The molecule has 1 aromatic carbocycles. The molecule has 1 rings (SSSR count). The highest BCUT2D eigenvalue weighted by Gasteiger charge is 2.12. The normalized spacial score (nSPS) is 11.8. The lowest BCUT2D eigenvalue weighted by atomic mass is 10.1. The summed E-state index contributed by atoms with van der Waals surface area (Å²) in [6.45, 7) is 6.66. The number of carbonyl (C=O) groups excluding carboxylic acids is 1. The van der Waals surface area contributed by atoms with Crippen LogP contribution in [0.2, 0.25) is 0 Å². The first-order valence-electron chi connectivity index (χ1n) is 6.89. The Morgan fingerprint density at radius 1 is 1.45 bits per heavy atom. The van der Waals surface area contributed by atoms with Crippen molar-refractivity contribution in [3.63, 3.8) is 0 Å². The van der Waals surface area contributed by atoms with Gasteiger partial charge < -0.3 is 15.4 Å². The number of nitrogens with two attached hydrogens (primary N) is 1. The van der Waals surface area contributed by atoms with Crippen LogP contribution in [0.1, 0.15) is 25.3 Å². The summed E-state index contributed by atoms with van der Waals surface area (Å²) in [5, 5.41) is 0. The molecule has 4 nitrogen and oxygen atoms in total. The maximum Gasteiger partial charge on any atom is 0.224 e. The highest BCUT2D eigenvalue weighted by atomic mass is 16.5. The minimum Gasteiger partial charge on any atom is -0.490 e. The highest BCUT2D eigenvalue weighted by molar-refractivity contribution is 5.76. The molecule has 0 aliphatic heterocycles. The minimum absolute atomic E-state index is 0.0559. The van der Waals surface area contributed by atoms with Gasteiger partial charge in [0.1, 0.15) is 12.4 Å². The molecular formula is C16H24N2O2. The maximum absolute atomic E-state index is 11.9. The van der Waals surface area contributed by atoms with Crippen molar-refractivity contribution in [2.75, 3.05) is 13.7 Å². The molecule has 0 aliphatic carbocycles. The maximum atomic E-state index is 11.9. The summed E-state index contributed by atoms with van der Waals surface area (Å²) in [7, 11) is 1.80. The van der Waals surface area contributed by atoms with Gasteiger partial charge >= 0.3 is 0 Å². The number of hydrogen-bond donors (Lipinski definition) is 1. The van der Waals surface area contributed by atoms with Gasteiger partial charge in [0.05, 0.1) is 0 Å². The van der Waals surface area contributed by atoms with Crippen LogP contribution in [0.15, 0.2) is 36.9 Å². The van der Waals surface area contributed by atoms with Crippen molar-refractivity contribution >= 4 is 5.91 Å². The molecule has 0 aliphatic rings. The Hall–Kier alpha value is -1.81. The molecule has 0 fully saturated rings. The summed E-state index contributed by atoms with van der Waals surface area (Å²) in [4.78, 5) is 13.6. The Kier molecular flexibility index (Phi) is 6.81. The molecule has 4 heteroatoms. The van der Waals surface area contributed by atoms with E-state index in [1.165, 1.54) is 0 Å². The molecule has 1 atom stereocenters. The Bertz CT molecular complexity index is 429. The molecule has 0 radical (unpaired) electrons. The topological polar surface area (TPSA) is 55.6 Å². The van der Waals surface area contributed by atoms with Gasteiger partial charge in [-0.2, -0.15) is 0 Å². The highest BCUT2D eigenvalue weighted by Crippen LogP contribution is 2.14. The predicted molar refractivity (Wildman–Crippen MR) is 81.5 cm³/mol. The second-order valence-corrected chi connectivity index (χ2v) is 4.87. The van der Waals surface area contributed by atoms with Gasteiger partial charge in [-0.15, -0.1) is 0 Å². The van der Waals surface area contributed by atoms with Crippen LogP contribution in [0.3, 0.4) is 0 Å². The van der Waals surface area contributed by atoms with Crippen LogP contribution in [-0.2, 0) is 11.3 Å². The van der Waals surface area contributed by atoms with Crippen molar-refractivity contribution in [3.05, 3.63) is 42.5 Å². The third kappa shape index (κ3) is 5.45. The summed E-state index contributed by atoms with van der Waals surface area (Å²) in [5.74, 6) is 0.877. The molecular weight excluding hydrogens is 252 g/mol. The largest absolute Gasteiger partial charge is 0.490 e. The molecule has 0 saturated carbocycles. The van der Waals surface area contributed by atoms with Crippen molar-refractivity contribution in [2.24, 2.45) is 5.73 Å². The second-order valence-electron chi connectivity index (χ2n) is 4.87. The molecule has 1 aromatic rings. The molecule has 0 aromatic heterocycles. The molecule has 0 bridgehead atoms. The zero-order valence-electron chi connectivity index (χ0n) is 12.3. The van der Waals surface area contributed by atoms with E-state index in [0.717, 1.165) is 17.7 Å². The van der Waals surface area contributed by atoms with Crippen LogP contribution in [0.25, 0.3) is 0 Å². The first kappa shape index (κ1) is 16.2. The average molecular weight is 276 g/mol. The van der Waals surface area contributed by atoms with Gasteiger partial charge in [0.2, 0.25) is 5.91 Å². The van der Waals surface area contributed by atoms with Crippen LogP contribution < -0.4 is 10.5 Å². The van der Waals surface area contributed by atoms with Crippen molar-refractivity contribution in [1.29, 1.82) is 0 Å². The molecule has 20 heavy (non-hydrogen) atoms. The fourth-order valence-electron chi connectivity index (χ4n) is 1.73. The van der Waals surface area contributed by atoms with Gasteiger partial charge in [0.15, 0.2) is 0 Å². The number of carbonyl (C=O) groups is 1. The Morgan fingerprint density at radius 3 is 2.65 bits per heavy atom. The number of rotatable bonds is 8. The van der Waals surface area contributed by atoms with Crippen molar-refractivity contribution in [2.45, 2.75) is 32.4 Å². The quantitative estimate of drug-likeness (QED) is 0.741. The summed E-state index contributed by atoms with van der Waals surface area (Å²) in [6, 6.07) is 7.66. The average Bonchev–Trinajstić information content (AvgIpc) is 2.46. The van der Waals surface area contributed by atoms with Crippen molar-refractivity contribution < 1.29 is 9.53 Å². The minimum atomic E-state index is -0.0559. The third-order valence-corrected chi connectivity index (χ3v) is 3.10. The van der Waals surface area contributed by atoms with Gasteiger partial charge in [-0.1, -0.05) is 31.7 Å². The van der Waals surface area contributed by atoms with E-state index in [1.807, 2.05) is 31.2 Å². The second kappa shape index (κ2) is 8.38. The first-order chi connectivity index (χ1) is 9.56. The van der Waals surface area contributed by atoms with E-state index in [2.05, 4.69) is 6.58 Å². The molecule has 1 unspecified atom stereocenters. The number of benzene rings is 1. The molecule has 0 heterocycles. The van der Waals surface area contributed by atoms with Crippen molar-refractivity contribution in [3.8, 4) is 5.75 Å². The molecule has 0 saturated heterocycles. The smallest absolute Gasteiger partial charge is 0.224 e. The Balaban J connectivity index is 2.50. The van der Waals surface area contributed by atoms with Crippen LogP contribution in [0, 0.1) is 0 Å².